The van der Waals surface area contributed by atoms with Crippen LogP contribution in [-0.4, -0.2) is 54.2 Å². The number of piperazine rings is 1. The van der Waals surface area contributed by atoms with Crippen LogP contribution in [0.4, 0.5) is 26.3 Å². The van der Waals surface area contributed by atoms with Gasteiger partial charge in [-0.2, -0.15) is 31.3 Å². The van der Waals surface area contributed by atoms with Crippen molar-refractivity contribution in [3.05, 3.63) is 85.9 Å². The van der Waals surface area contributed by atoms with Crippen molar-refractivity contribution in [2.45, 2.75) is 25.5 Å². The molecule has 14 heteroatoms. The molecular weight excluding hydrogens is 616 g/mol. The first kappa shape index (κ1) is 31.0. The Hall–Kier alpha value is -3.49. The lowest BCUT2D eigenvalue weighted by Crippen LogP contribution is -2.47. The summed E-state index contributed by atoms with van der Waals surface area (Å²) >= 11 is 3.00. The molecule has 1 aromatic heterocycles. The molecule has 3 aromatic rings. The Bertz CT molecular complexity index is 1530. The standard InChI is InChI=1S/C29H25F6N3O3S2/c1-40-24-13-18(4-7-23(24)41-17-19-5-6-20(28(30,31)32)15-22(19)29(33,34)35)14-25-26(39)36-27(43-25)38-10-8-37(9-11-38)16-21-3-2-12-42-21/h2-7,12-15H,8-11,16-17H2,1H3/b25-14-. The van der Waals surface area contributed by atoms with Gasteiger partial charge in [-0.25, -0.2) is 0 Å². The molecule has 5 rings (SSSR count). The van der Waals surface area contributed by atoms with E-state index in [-0.39, 0.29) is 23.5 Å². The highest BCUT2D eigenvalue weighted by atomic mass is 32.2. The number of methoxy groups -OCH3 is 1. The molecule has 2 aliphatic rings. The van der Waals surface area contributed by atoms with Gasteiger partial charge in [0.1, 0.15) is 6.61 Å². The van der Waals surface area contributed by atoms with Crippen molar-refractivity contribution in [1.29, 1.82) is 0 Å². The van der Waals surface area contributed by atoms with E-state index in [0.717, 1.165) is 38.8 Å². The number of amidine groups is 1. The number of hydrogen-bond acceptors (Lipinski definition) is 7. The fraction of sp³-hybridized carbons (Fsp3) is 0.310. The molecule has 0 radical (unpaired) electrons. The van der Waals surface area contributed by atoms with Crippen molar-refractivity contribution in [3.63, 3.8) is 0 Å². The Morgan fingerprint density at radius 3 is 2.37 bits per heavy atom. The van der Waals surface area contributed by atoms with Crippen molar-refractivity contribution in [2.75, 3.05) is 33.3 Å². The highest BCUT2D eigenvalue weighted by Crippen LogP contribution is 2.39. The maximum atomic E-state index is 13.5. The van der Waals surface area contributed by atoms with E-state index in [2.05, 4.69) is 26.2 Å². The van der Waals surface area contributed by atoms with Gasteiger partial charge in [-0.15, -0.1) is 11.3 Å². The zero-order valence-corrected chi connectivity index (χ0v) is 24.3. The second kappa shape index (κ2) is 12.6. The van der Waals surface area contributed by atoms with Gasteiger partial charge in [0, 0.05) is 43.2 Å². The molecule has 0 aliphatic carbocycles. The van der Waals surface area contributed by atoms with Crippen molar-refractivity contribution in [1.82, 2.24) is 9.80 Å². The van der Waals surface area contributed by atoms with E-state index >= 15 is 0 Å². The Labute approximate surface area is 251 Å². The van der Waals surface area contributed by atoms with Gasteiger partial charge < -0.3 is 14.4 Å². The Kier molecular flexibility index (Phi) is 9.09. The fourth-order valence-corrected chi connectivity index (χ4v) is 6.31. The lowest BCUT2D eigenvalue weighted by molar-refractivity contribution is -0.143. The molecule has 228 valence electrons. The molecule has 1 saturated heterocycles. The first-order valence-corrected chi connectivity index (χ1v) is 14.7. The third kappa shape index (κ3) is 7.54. The zero-order valence-electron chi connectivity index (χ0n) is 22.7. The van der Waals surface area contributed by atoms with Gasteiger partial charge in [0.15, 0.2) is 16.7 Å². The summed E-state index contributed by atoms with van der Waals surface area (Å²) in [5.74, 6) is -0.115. The predicted octanol–water partition coefficient (Wildman–Crippen LogP) is 7.16. The molecule has 43 heavy (non-hydrogen) atoms. The molecule has 2 aliphatic heterocycles. The van der Waals surface area contributed by atoms with Gasteiger partial charge in [0.25, 0.3) is 5.91 Å². The quantitative estimate of drug-likeness (QED) is 0.202. The van der Waals surface area contributed by atoms with E-state index < -0.39 is 35.6 Å². The summed E-state index contributed by atoms with van der Waals surface area (Å²) in [4.78, 5) is 23.0. The number of benzene rings is 2. The van der Waals surface area contributed by atoms with E-state index in [1.807, 2.05) is 6.07 Å². The van der Waals surface area contributed by atoms with Gasteiger partial charge in [-0.3, -0.25) is 9.69 Å². The smallest absolute Gasteiger partial charge is 0.416 e. The fourth-order valence-electron chi connectivity index (χ4n) is 4.60. The number of alkyl halides is 6. The van der Waals surface area contributed by atoms with Crippen molar-refractivity contribution in [3.8, 4) is 11.5 Å². The van der Waals surface area contributed by atoms with Gasteiger partial charge in [0.2, 0.25) is 0 Å². The highest BCUT2D eigenvalue weighted by molar-refractivity contribution is 8.18. The van der Waals surface area contributed by atoms with E-state index in [9.17, 15) is 31.1 Å². The Balaban J connectivity index is 1.23. The minimum atomic E-state index is -5.01. The summed E-state index contributed by atoms with van der Waals surface area (Å²) < 4.78 is 90.3. The number of thiophene rings is 1. The van der Waals surface area contributed by atoms with Crippen LogP contribution in [0.2, 0.25) is 0 Å². The average Bonchev–Trinajstić information content (AvgIpc) is 3.61. The van der Waals surface area contributed by atoms with Crippen LogP contribution in [-0.2, 0) is 30.3 Å². The van der Waals surface area contributed by atoms with Crippen LogP contribution in [0.15, 0.2) is 63.8 Å². The second-order valence-corrected chi connectivity index (χ2v) is 11.8. The molecule has 0 unspecified atom stereocenters. The Morgan fingerprint density at radius 2 is 1.72 bits per heavy atom. The van der Waals surface area contributed by atoms with Crippen LogP contribution in [0.25, 0.3) is 6.08 Å². The lowest BCUT2D eigenvalue weighted by Gasteiger charge is -2.35. The summed E-state index contributed by atoms with van der Waals surface area (Å²) in [7, 11) is 1.34. The third-order valence-electron chi connectivity index (χ3n) is 6.82. The van der Waals surface area contributed by atoms with E-state index in [1.165, 1.54) is 29.8 Å². The monoisotopic (exact) mass is 641 g/mol. The number of thioether (sulfide) groups is 1. The number of carbonyl (C=O) groups excluding carboxylic acids is 1. The molecule has 3 heterocycles. The molecule has 0 atom stereocenters. The van der Waals surface area contributed by atoms with Crippen molar-refractivity contribution < 1.29 is 40.6 Å². The molecular formula is C29H25F6N3O3S2. The molecule has 0 bridgehead atoms. The summed E-state index contributed by atoms with van der Waals surface area (Å²) in [6.07, 6.45) is -8.29. The zero-order chi connectivity index (χ0) is 30.8. The van der Waals surface area contributed by atoms with Gasteiger partial charge in [-0.1, -0.05) is 18.2 Å². The number of nitrogens with zero attached hydrogens (tertiary/aromatic N) is 3. The molecule has 0 spiro atoms. The Morgan fingerprint density at radius 1 is 0.953 bits per heavy atom. The minimum Gasteiger partial charge on any atom is -0.493 e. The predicted molar refractivity (Wildman–Crippen MR) is 153 cm³/mol. The molecule has 2 aromatic carbocycles. The molecule has 1 fully saturated rings. The minimum absolute atomic E-state index is 0.0723. The summed E-state index contributed by atoms with van der Waals surface area (Å²) in [5.41, 5.74) is -2.72. The van der Waals surface area contributed by atoms with Crippen LogP contribution >= 0.6 is 23.1 Å². The number of rotatable bonds is 7. The van der Waals surface area contributed by atoms with Crippen LogP contribution in [0.1, 0.15) is 27.1 Å². The van der Waals surface area contributed by atoms with Crippen molar-refractivity contribution in [2.24, 2.45) is 4.99 Å². The van der Waals surface area contributed by atoms with Gasteiger partial charge in [0.05, 0.1) is 23.1 Å². The normalized spacial score (nSPS) is 17.5. The highest BCUT2D eigenvalue weighted by Gasteiger charge is 2.38. The SMILES string of the molecule is COc1cc(/C=C2\SC(N3CCN(Cc4cccs4)CC3)=NC2=O)ccc1OCc1ccc(C(F)(F)F)cc1C(F)(F)F. The van der Waals surface area contributed by atoms with Crippen LogP contribution in [0.3, 0.4) is 0 Å². The number of ether oxygens (including phenoxy) is 2. The maximum absolute atomic E-state index is 13.5. The molecule has 0 N–H and O–H groups in total. The van der Waals surface area contributed by atoms with Crippen LogP contribution < -0.4 is 9.47 Å². The number of carbonyl (C=O) groups is 1. The number of aliphatic imine (C=N–C) groups is 1. The van der Waals surface area contributed by atoms with E-state index in [0.29, 0.717) is 21.7 Å². The second-order valence-electron chi connectivity index (χ2n) is 9.72. The largest absolute Gasteiger partial charge is 0.493 e. The number of hydrogen-bond donors (Lipinski definition) is 0. The van der Waals surface area contributed by atoms with E-state index in [1.54, 1.807) is 29.5 Å². The first-order valence-electron chi connectivity index (χ1n) is 13.0. The summed E-state index contributed by atoms with van der Waals surface area (Å²) in [6, 6.07) is 10.2. The van der Waals surface area contributed by atoms with Crippen molar-refractivity contribution >= 4 is 40.2 Å². The number of amides is 1. The molecule has 6 nitrogen and oxygen atoms in total. The topological polar surface area (TPSA) is 54.4 Å². The van der Waals surface area contributed by atoms with Gasteiger partial charge >= 0.3 is 12.4 Å². The van der Waals surface area contributed by atoms with Crippen LogP contribution in [0.5, 0.6) is 11.5 Å². The maximum Gasteiger partial charge on any atom is 0.416 e. The molecule has 1 amide bonds. The van der Waals surface area contributed by atoms with E-state index in [4.69, 9.17) is 9.47 Å². The molecule has 0 saturated carbocycles. The summed E-state index contributed by atoms with van der Waals surface area (Å²) in [5, 5.41) is 2.69. The third-order valence-corrected chi connectivity index (χ3v) is 8.73. The number of halogens is 6. The average molecular weight is 642 g/mol. The van der Waals surface area contributed by atoms with Crippen LogP contribution in [0, 0.1) is 0 Å². The first-order chi connectivity index (χ1) is 20.4. The summed E-state index contributed by atoms with van der Waals surface area (Å²) in [6.45, 7) is 3.43. The lowest BCUT2D eigenvalue weighted by atomic mass is 10.0. The van der Waals surface area contributed by atoms with Gasteiger partial charge in [-0.05, 0) is 59.1 Å².